The van der Waals surface area contributed by atoms with Crippen LogP contribution in [0.25, 0.3) is 0 Å². The first-order valence-electron chi connectivity index (χ1n) is 9.05. The van der Waals surface area contributed by atoms with Crippen molar-refractivity contribution in [3.8, 4) is 0 Å². The van der Waals surface area contributed by atoms with Crippen LogP contribution in [0.2, 0.25) is 0 Å². The molecule has 0 amide bonds. The zero-order valence-electron chi connectivity index (χ0n) is 14.1. The summed E-state index contributed by atoms with van der Waals surface area (Å²) in [5, 5.41) is 0. The molecule has 2 atom stereocenters. The highest BCUT2D eigenvalue weighted by Crippen LogP contribution is 2.22. The molecule has 0 saturated carbocycles. The second-order valence-electron chi connectivity index (χ2n) is 6.47. The molecule has 2 unspecified atom stereocenters. The fourth-order valence-electron chi connectivity index (χ4n) is 2.96. The van der Waals surface area contributed by atoms with E-state index in [1.54, 1.807) is 0 Å². The lowest BCUT2D eigenvalue weighted by atomic mass is 9.88. The Morgan fingerprint density at radius 2 is 1.11 bits per heavy atom. The zero-order chi connectivity index (χ0) is 14.3. The topological polar surface area (TPSA) is 0 Å². The minimum absolute atomic E-state index is 0.633. The minimum Gasteiger partial charge on any atom is -0.0654 e. The van der Waals surface area contributed by atoms with Crippen LogP contribution in [0.3, 0.4) is 0 Å². The van der Waals surface area contributed by atoms with Gasteiger partial charge in [0.2, 0.25) is 0 Å². The number of hydrogen-bond acceptors (Lipinski definition) is 0. The molecule has 0 bridgehead atoms. The molecule has 0 aromatic heterocycles. The van der Waals surface area contributed by atoms with Crippen molar-refractivity contribution in [2.75, 3.05) is 0 Å². The van der Waals surface area contributed by atoms with Gasteiger partial charge >= 0.3 is 0 Å². The number of hydrogen-bond donors (Lipinski definition) is 0. The number of rotatable bonds is 14. The predicted molar refractivity (Wildman–Crippen MR) is 89.4 cm³/mol. The monoisotopic (exact) mass is 267 g/mol. The molecule has 0 spiro atoms. The molecule has 0 aromatic rings. The fraction of sp³-hybridized carbons (Fsp3) is 0.947. The van der Waals surface area contributed by atoms with Crippen molar-refractivity contribution in [2.45, 2.75) is 104 Å². The highest BCUT2D eigenvalue weighted by Gasteiger charge is 2.09. The van der Waals surface area contributed by atoms with Crippen LogP contribution in [0.5, 0.6) is 0 Å². The second-order valence-corrected chi connectivity index (χ2v) is 6.47. The van der Waals surface area contributed by atoms with Crippen LogP contribution < -0.4 is 0 Å². The maximum atomic E-state index is 4.18. The maximum Gasteiger partial charge on any atom is -0.0391 e. The number of unbranched alkanes of at least 4 members (excludes halogenated alkanes) is 10. The summed E-state index contributed by atoms with van der Waals surface area (Å²) in [5.74, 6) is 1.49. The van der Waals surface area contributed by atoms with E-state index in [1.165, 1.54) is 83.5 Å². The van der Waals surface area contributed by atoms with Crippen LogP contribution in [0.1, 0.15) is 104 Å². The van der Waals surface area contributed by atoms with Gasteiger partial charge in [-0.2, -0.15) is 0 Å². The molecule has 0 saturated heterocycles. The Labute approximate surface area is 123 Å². The maximum absolute atomic E-state index is 4.18. The van der Waals surface area contributed by atoms with Gasteiger partial charge in [0.25, 0.3) is 0 Å². The summed E-state index contributed by atoms with van der Waals surface area (Å²) in [6, 6.07) is 0. The molecule has 115 valence electrons. The third-order valence-corrected chi connectivity index (χ3v) is 4.51. The first-order valence-corrected chi connectivity index (χ1v) is 9.05. The Morgan fingerprint density at radius 1 is 0.684 bits per heavy atom. The van der Waals surface area contributed by atoms with E-state index >= 15 is 0 Å². The van der Waals surface area contributed by atoms with Crippen molar-refractivity contribution in [1.29, 1.82) is 0 Å². The van der Waals surface area contributed by atoms with Crippen LogP contribution in [-0.4, -0.2) is 0 Å². The summed E-state index contributed by atoms with van der Waals surface area (Å²) >= 11 is 0. The van der Waals surface area contributed by atoms with Crippen LogP contribution in [0.15, 0.2) is 0 Å². The SMILES string of the molecule is [CH2]C(C)C(CC)CCCCCCCCCCCCC. The van der Waals surface area contributed by atoms with Crippen molar-refractivity contribution >= 4 is 0 Å². The first-order chi connectivity index (χ1) is 9.22. The summed E-state index contributed by atoms with van der Waals surface area (Å²) in [4.78, 5) is 0. The first kappa shape index (κ1) is 19.0. The predicted octanol–water partition coefficient (Wildman–Crippen LogP) is 7.18. The molecule has 0 aliphatic heterocycles. The molecule has 0 aliphatic carbocycles. The van der Waals surface area contributed by atoms with Gasteiger partial charge in [0.15, 0.2) is 0 Å². The Hall–Kier alpha value is 0. The largest absolute Gasteiger partial charge is 0.0654 e. The van der Waals surface area contributed by atoms with E-state index in [4.69, 9.17) is 0 Å². The van der Waals surface area contributed by atoms with Gasteiger partial charge in [0.1, 0.15) is 0 Å². The molecule has 0 fully saturated rings. The molecule has 0 aliphatic rings. The molecule has 19 heavy (non-hydrogen) atoms. The summed E-state index contributed by atoms with van der Waals surface area (Å²) < 4.78 is 0. The van der Waals surface area contributed by atoms with Gasteiger partial charge in [-0.15, -0.1) is 0 Å². The second kappa shape index (κ2) is 14.4. The van der Waals surface area contributed by atoms with Gasteiger partial charge in [0, 0.05) is 0 Å². The molecule has 1 radical (unpaired) electrons. The molecule has 0 nitrogen and oxygen atoms in total. The summed E-state index contributed by atoms with van der Waals surface area (Å²) in [5.41, 5.74) is 0. The van der Waals surface area contributed by atoms with Crippen molar-refractivity contribution in [2.24, 2.45) is 11.8 Å². The van der Waals surface area contributed by atoms with E-state index in [2.05, 4.69) is 27.7 Å². The Morgan fingerprint density at radius 3 is 1.47 bits per heavy atom. The van der Waals surface area contributed by atoms with Gasteiger partial charge in [-0.25, -0.2) is 0 Å². The van der Waals surface area contributed by atoms with E-state index < -0.39 is 0 Å². The van der Waals surface area contributed by atoms with E-state index in [1.807, 2.05) is 0 Å². The van der Waals surface area contributed by atoms with Gasteiger partial charge in [0.05, 0.1) is 0 Å². The fourth-order valence-corrected chi connectivity index (χ4v) is 2.96. The molecule has 0 aromatic carbocycles. The van der Waals surface area contributed by atoms with E-state index in [-0.39, 0.29) is 0 Å². The third-order valence-electron chi connectivity index (χ3n) is 4.51. The van der Waals surface area contributed by atoms with Gasteiger partial charge in [-0.1, -0.05) is 111 Å². The molecule has 0 rings (SSSR count). The van der Waals surface area contributed by atoms with Gasteiger partial charge in [-0.05, 0) is 11.8 Å². The van der Waals surface area contributed by atoms with Crippen LogP contribution >= 0.6 is 0 Å². The normalized spacial score (nSPS) is 13.1. The molecule has 0 heterocycles. The van der Waals surface area contributed by atoms with E-state index in [9.17, 15) is 0 Å². The standard InChI is InChI=1S/C19H39/c1-5-7-8-9-10-11-12-13-14-15-16-17-19(6-2)18(3)4/h18-19H,3,5-17H2,1-2,4H3. The van der Waals surface area contributed by atoms with Crippen molar-refractivity contribution < 1.29 is 0 Å². The van der Waals surface area contributed by atoms with Gasteiger partial charge in [-0.3, -0.25) is 0 Å². The van der Waals surface area contributed by atoms with Crippen LogP contribution in [0.4, 0.5) is 0 Å². The van der Waals surface area contributed by atoms with E-state index in [0.717, 1.165) is 5.92 Å². The summed E-state index contributed by atoms with van der Waals surface area (Å²) in [6.07, 6.45) is 18.6. The summed E-state index contributed by atoms with van der Waals surface area (Å²) in [6.45, 7) is 11.1. The zero-order valence-corrected chi connectivity index (χ0v) is 14.1. The third kappa shape index (κ3) is 12.8. The van der Waals surface area contributed by atoms with Crippen LogP contribution in [0, 0.1) is 18.8 Å². The highest BCUT2D eigenvalue weighted by molar-refractivity contribution is 4.66. The quantitative estimate of drug-likeness (QED) is 0.292. The molecule has 0 heteroatoms. The Balaban J connectivity index is 3.14. The molecular formula is C19H39. The minimum atomic E-state index is 0.633. The smallest absolute Gasteiger partial charge is 0.0391 e. The van der Waals surface area contributed by atoms with Crippen molar-refractivity contribution in [3.05, 3.63) is 6.92 Å². The average Bonchev–Trinajstić information content (AvgIpc) is 2.40. The Kier molecular flexibility index (Phi) is 14.4. The molecular weight excluding hydrogens is 228 g/mol. The molecule has 0 N–H and O–H groups in total. The van der Waals surface area contributed by atoms with E-state index in [0.29, 0.717) is 5.92 Å². The van der Waals surface area contributed by atoms with Crippen molar-refractivity contribution in [3.63, 3.8) is 0 Å². The average molecular weight is 268 g/mol. The van der Waals surface area contributed by atoms with Gasteiger partial charge < -0.3 is 0 Å². The lowest BCUT2D eigenvalue weighted by Gasteiger charge is -2.18. The lowest BCUT2D eigenvalue weighted by molar-refractivity contribution is 0.360. The van der Waals surface area contributed by atoms with Crippen LogP contribution in [-0.2, 0) is 0 Å². The highest BCUT2D eigenvalue weighted by atomic mass is 14.2. The Bertz CT molecular complexity index is 159. The lowest BCUT2D eigenvalue weighted by Crippen LogP contribution is -2.07. The van der Waals surface area contributed by atoms with Crippen molar-refractivity contribution in [1.82, 2.24) is 0 Å². The summed E-state index contributed by atoms with van der Waals surface area (Å²) in [7, 11) is 0.